The zero-order chi connectivity index (χ0) is 10.9. The summed E-state index contributed by atoms with van der Waals surface area (Å²) in [5.74, 6) is 0. The number of hydrogen-bond acceptors (Lipinski definition) is 3. The Morgan fingerprint density at radius 2 is 1.86 bits per heavy atom. The SMILES string of the molecule is CCOCCCNC(CC)(CC)CO. The van der Waals surface area contributed by atoms with Gasteiger partial charge in [-0.05, 0) is 32.7 Å². The summed E-state index contributed by atoms with van der Waals surface area (Å²) in [6.45, 7) is 8.94. The monoisotopic (exact) mass is 203 g/mol. The second-order valence-corrected chi connectivity index (χ2v) is 3.62. The van der Waals surface area contributed by atoms with Crippen LogP contribution in [0, 0.1) is 0 Å². The van der Waals surface area contributed by atoms with Crippen molar-refractivity contribution in [1.29, 1.82) is 0 Å². The molecule has 3 nitrogen and oxygen atoms in total. The summed E-state index contributed by atoms with van der Waals surface area (Å²) in [5, 5.41) is 12.7. The Bertz CT molecular complexity index is 116. The fraction of sp³-hybridized carbons (Fsp3) is 1.00. The Labute approximate surface area is 87.8 Å². The molecule has 0 amide bonds. The number of ether oxygens (including phenoxy) is 1. The minimum absolute atomic E-state index is 0.0772. The fourth-order valence-corrected chi connectivity index (χ4v) is 1.45. The van der Waals surface area contributed by atoms with Crippen molar-refractivity contribution in [3.63, 3.8) is 0 Å². The van der Waals surface area contributed by atoms with Gasteiger partial charge in [0.1, 0.15) is 0 Å². The molecular weight excluding hydrogens is 178 g/mol. The van der Waals surface area contributed by atoms with Gasteiger partial charge in [0.05, 0.1) is 6.61 Å². The first kappa shape index (κ1) is 13.9. The Balaban J connectivity index is 3.61. The van der Waals surface area contributed by atoms with Gasteiger partial charge < -0.3 is 15.2 Å². The molecule has 0 aromatic carbocycles. The van der Waals surface area contributed by atoms with Gasteiger partial charge in [-0.3, -0.25) is 0 Å². The first-order chi connectivity index (χ1) is 6.74. The Morgan fingerprint density at radius 1 is 1.21 bits per heavy atom. The topological polar surface area (TPSA) is 41.5 Å². The van der Waals surface area contributed by atoms with Crippen LogP contribution in [-0.4, -0.2) is 37.0 Å². The highest BCUT2D eigenvalue weighted by Crippen LogP contribution is 2.13. The molecule has 0 rings (SSSR count). The second-order valence-electron chi connectivity index (χ2n) is 3.62. The summed E-state index contributed by atoms with van der Waals surface area (Å²) in [4.78, 5) is 0. The lowest BCUT2D eigenvalue weighted by molar-refractivity contribution is 0.127. The van der Waals surface area contributed by atoms with Crippen molar-refractivity contribution in [2.24, 2.45) is 0 Å². The van der Waals surface area contributed by atoms with Gasteiger partial charge in [0.2, 0.25) is 0 Å². The summed E-state index contributed by atoms with van der Waals surface area (Å²) in [7, 11) is 0. The van der Waals surface area contributed by atoms with E-state index in [0.29, 0.717) is 0 Å². The van der Waals surface area contributed by atoms with Gasteiger partial charge in [-0.15, -0.1) is 0 Å². The standard InChI is InChI=1S/C11H25NO2/c1-4-11(5-2,10-13)12-8-7-9-14-6-3/h12-13H,4-10H2,1-3H3. The Morgan fingerprint density at radius 3 is 2.29 bits per heavy atom. The lowest BCUT2D eigenvalue weighted by atomic mass is 9.94. The molecule has 0 aromatic heterocycles. The molecule has 0 aliphatic rings. The second kappa shape index (κ2) is 8.21. The van der Waals surface area contributed by atoms with E-state index in [0.717, 1.165) is 39.0 Å². The van der Waals surface area contributed by atoms with E-state index in [1.165, 1.54) is 0 Å². The van der Waals surface area contributed by atoms with E-state index in [9.17, 15) is 5.11 Å². The number of aliphatic hydroxyl groups excluding tert-OH is 1. The van der Waals surface area contributed by atoms with Crippen molar-refractivity contribution in [3.8, 4) is 0 Å². The Kier molecular flexibility index (Phi) is 8.14. The third-order valence-electron chi connectivity index (χ3n) is 2.83. The lowest BCUT2D eigenvalue weighted by Gasteiger charge is -2.30. The molecule has 0 heterocycles. The van der Waals surface area contributed by atoms with Crippen LogP contribution in [0.5, 0.6) is 0 Å². The maximum atomic E-state index is 9.29. The van der Waals surface area contributed by atoms with E-state index in [1.807, 2.05) is 6.92 Å². The molecule has 2 N–H and O–H groups in total. The molecule has 0 fully saturated rings. The van der Waals surface area contributed by atoms with Crippen LogP contribution in [0.25, 0.3) is 0 Å². The number of rotatable bonds is 9. The van der Waals surface area contributed by atoms with Crippen molar-refractivity contribution in [2.75, 3.05) is 26.4 Å². The van der Waals surface area contributed by atoms with Crippen molar-refractivity contribution in [3.05, 3.63) is 0 Å². The average Bonchev–Trinajstić information content (AvgIpc) is 2.24. The van der Waals surface area contributed by atoms with Gasteiger partial charge in [0, 0.05) is 18.8 Å². The summed E-state index contributed by atoms with van der Waals surface area (Å²) < 4.78 is 5.25. The molecular formula is C11H25NO2. The molecule has 0 bridgehead atoms. The predicted molar refractivity (Wildman–Crippen MR) is 59.5 cm³/mol. The molecule has 0 aliphatic carbocycles. The molecule has 0 saturated heterocycles. The molecule has 86 valence electrons. The minimum atomic E-state index is -0.0772. The molecule has 14 heavy (non-hydrogen) atoms. The van der Waals surface area contributed by atoms with Gasteiger partial charge in [0.25, 0.3) is 0 Å². The fourth-order valence-electron chi connectivity index (χ4n) is 1.45. The third kappa shape index (κ3) is 4.94. The van der Waals surface area contributed by atoms with Crippen LogP contribution < -0.4 is 5.32 Å². The first-order valence-corrected chi connectivity index (χ1v) is 5.68. The summed E-state index contributed by atoms with van der Waals surface area (Å²) >= 11 is 0. The highest BCUT2D eigenvalue weighted by molar-refractivity contribution is 4.84. The molecule has 3 heteroatoms. The predicted octanol–water partition coefficient (Wildman–Crippen LogP) is 1.55. The zero-order valence-corrected chi connectivity index (χ0v) is 9.81. The normalized spacial score (nSPS) is 12.0. The molecule has 0 unspecified atom stereocenters. The molecule has 0 spiro atoms. The number of nitrogens with one attached hydrogen (secondary N) is 1. The van der Waals surface area contributed by atoms with Gasteiger partial charge >= 0.3 is 0 Å². The van der Waals surface area contributed by atoms with Crippen LogP contribution in [0.1, 0.15) is 40.0 Å². The number of hydrogen-bond donors (Lipinski definition) is 2. The highest BCUT2D eigenvalue weighted by Gasteiger charge is 2.23. The Hall–Kier alpha value is -0.120. The van der Waals surface area contributed by atoms with E-state index in [-0.39, 0.29) is 12.1 Å². The molecule has 0 aliphatic heterocycles. The smallest absolute Gasteiger partial charge is 0.0613 e. The van der Waals surface area contributed by atoms with Crippen molar-refractivity contribution >= 4 is 0 Å². The minimum Gasteiger partial charge on any atom is -0.394 e. The van der Waals surface area contributed by atoms with Gasteiger partial charge in [0.15, 0.2) is 0 Å². The zero-order valence-electron chi connectivity index (χ0n) is 9.81. The van der Waals surface area contributed by atoms with Crippen molar-refractivity contribution in [1.82, 2.24) is 5.32 Å². The highest BCUT2D eigenvalue weighted by atomic mass is 16.5. The van der Waals surface area contributed by atoms with Crippen LogP contribution >= 0.6 is 0 Å². The van der Waals surface area contributed by atoms with E-state index in [4.69, 9.17) is 4.74 Å². The van der Waals surface area contributed by atoms with E-state index < -0.39 is 0 Å². The lowest BCUT2D eigenvalue weighted by Crippen LogP contribution is -2.48. The van der Waals surface area contributed by atoms with Crippen LogP contribution in [0.15, 0.2) is 0 Å². The largest absolute Gasteiger partial charge is 0.394 e. The first-order valence-electron chi connectivity index (χ1n) is 5.68. The van der Waals surface area contributed by atoms with Crippen LogP contribution in [0.4, 0.5) is 0 Å². The summed E-state index contributed by atoms with van der Waals surface area (Å²) in [5.41, 5.74) is -0.0772. The molecule has 0 aromatic rings. The van der Waals surface area contributed by atoms with Crippen LogP contribution in [0.2, 0.25) is 0 Å². The third-order valence-corrected chi connectivity index (χ3v) is 2.83. The van der Waals surface area contributed by atoms with Gasteiger partial charge in [-0.25, -0.2) is 0 Å². The summed E-state index contributed by atoms with van der Waals surface area (Å²) in [6.07, 6.45) is 2.94. The van der Waals surface area contributed by atoms with Crippen LogP contribution in [0.3, 0.4) is 0 Å². The summed E-state index contributed by atoms with van der Waals surface area (Å²) in [6, 6.07) is 0. The maximum Gasteiger partial charge on any atom is 0.0613 e. The van der Waals surface area contributed by atoms with Crippen molar-refractivity contribution < 1.29 is 9.84 Å². The maximum absolute atomic E-state index is 9.29. The van der Waals surface area contributed by atoms with Crippen molar-refractivity contribution in [2.45, 2.75) is 45.6 Å². The molecule has 0 atom stereocenters. The van der Waals surface area contributed by atoms with E-state index >= 15 is 0 Å². The molecule has 0 radical (unpaired) electrons. The van der Waals surface area contributed by atoms with Gasteiger partial charge in [-0.2, -0.15) is 0 Å². The van der Waals surface area contributed by atoms with Crippen LogP contribution in [-0.2, 0) is 4.74 Å². The van der Waals surface area contributed by atoms with E-state index in [1.54, 1.807) is 0 Å². The van der Waals surface area contributed by atoms with E-state index in [2.05, 4.69) is 19.2 Å². The average molecular weight is 203 g/mol. The molecule has 0 saturated carbocycles. The number of aliphatic hydroxyl groups is 1. The quantitative estimate of drug-likeness (QED) is 0.559. The van der Waals surface area contributed by atoms with Gasteiger partial charge in [-0.1, -0.05) is 13.8 Å².